The highest BCUT2D eigenvalue weighted by Gasteiger charge is 2.39. The van der Waals surface area contributed by atoms with Crippen molar-refractivity contribution in [1.29, 1.82) is 0 Å². The molecule has 0 N–H and O–H groups in total. The van der Waals surface area contributed by atoms with Gasteiger partial charge >= 0.3 is 0 Å². The summed E-state index contributed by atoms with van der Waals surface area (Å²) in [5.74, 6) is 0. The maximum atomic E-state index is 6.58. The summed E-state index contributed by atoms with van der Waals surface area (Å²) >= 11 is 6.58. The van der Waals surface area contributed by atoms with Gasteiger partial charge in [-0.2, -0.15) is 0 Å². The quantitative estimate of drug-likeness (QED) is 0.669. The second-order valence-electron chi connectivity index (χ2n) is 7.01. The van der Waals surface area contributed by atoms with Crippen LogP contribution >= 0.6 is 24.0 Å². The van der Waals surface area contributed by atoms with Crippen molar-refractivity contribution in [2.45, 2.75) is 57.4 Å². The van der Waals surface area contributed by atoms with Gasteiger partial charge in [0.15, 0.2) is 0 Å². The molecule has 2 aliphatic rings. The standard InChI is InChI=1S/C20H23ClN2.ClH/c1-2-20-8-3-4-16-5-6-18(21)17(19(16)20)12-15(13-20)7-10-23-11-9-22-14-23;/h5-6,9,11-12,14H,2-4,7-8,10,13H2,1H3;1H. The van der Waals surface area contributed by atoms with Gasteiger partial charge in [0.05, 0.1) is 6.33 Å². The van der Waals surface area contributed by atoms with E-state index in [0.29, 0.717) is 5.41 Å². The maximum absolute atomic E-state index is 6.58. The van der Waals surface area contributed by atoms with E-state index < -0.39 is 0 Å². The number of hydrogen-bond acceptors (Lipinski definition) is 1. The van der Waals surface area contributed by atoms with Crippen molar-refractivity contribution < 1.29 is 0 Å². The minimum atomic E-state index is 0. The van der Waals surface area contributed by atoms with Crippen molar-refractivity contribution in [2.24, 2.45) is 0 Å². The molecule has 2 nitrogen and oxygen atoms in total. The van der Waals surface area contributed by atoms with Gasteiger partial charge in [-0.25, -0.2) is 4.98 Å². The number of imidazole rings is 1. The minimum Gasteiger partial charge on any atom is -0.337 e. The largest absolute Gasteiger partial charge is 0.337 e. The maximum Gasteiger partial charge on any atom is 0.0946 e. The molecule has 0 saturated carbocycles. The lowest BCUT2D eigenvalue weighted by molar-refractivity contribution is 0.335. The SMILES string of the molecule is CCC12CCCc3ccc(Cl)c(c31)C=C(CCn1ccnc1)C2.Cl. The van der Waals surface area contributed by atoms with Gasteiger partial charge in [0.25, 0.3) is 0 Å². The third-order valence-corrected chi connectivity index (χ3v) is 6.08. The Bertz CT molecular complexity index is 749. The van der Waals surface area contributed by atoms with Crippen LogP contribution in [0.2, 0.25) is 5.02 Å². The first kappa shape index (κ1) is 17.6. The third-order valence-electron chi connectivity index (χ3n) is 5.75. The van der Waals surface area contributed by atoms with E-state index in [0.717, 1.165) is 18.0 Å². The summed E-state index contributed by atoms with van der Waals surface area (Å²) in [4.78, 5) is 4.14. The number of benzene rings is 1. The molecular formula is C20H24Cl2N2. The van der Waals surface area contributed by atoms with Crippen molar-refractivity contribution in [3.63, 3.8) is 0 Å². The van der Waals surface area contributed by atoms with Gasteiger partial charge in [0.1, 0.15) is 0 Å². The van der Waals surface area contributed by atoms with Crippen LogP contribution in [0.4, 0.5) is 0 Å². The number of hydrogen-bond donors (Lipinski definition) is 0. The Kier molecular flexibility index (Phi) is 5.08. The fraction of sp³-hybridized carbons (Fsp3) is 0.450. The van der Waals surface area contributed by atoms with Gasteiger partial charge in [-0.1, -0.05) is 36.2 Å². The van der Waals surface area contributed by atoms with Crippen molar-refractivity contribution in [3.05, 3.63) is 58.1 Å². The highest BCUT2D eigenvalue weighted by Crippen LogP contribution is 2.51. The fourth-order valence-corrected chi connectivity index (χ4v) is 4.77. The van der Waals surface area contributed by atoms with Gasteiger partial charge in [-0.05, 0) is 66.7 Å². The molecule has 0 radical (unpaired) electrons. The van der Waals surface area contributed by atoms with Crippen molar-refractivity contribution >= 4 is 30.1 Å². The normalized spacial score (nSPS) is 21.7. The molecule has 1 unspecified atom stereocenters. The monoisotopic (exact) mass is 362 g/mol. The van der Waals surface area contributed by atoms with Gasteiger partial charge in [0, 0.05) is 24.0 Å². The summed E-state index contributed by atoms with van der Waals surface area (Å²) in [6.07, 6.45) is 15.5. The Balaban J connectivity index is 0.00000169. The number of halogens is 2. The summed E-state index contributed by atoms with van der Waals surface area (Å²) < 4.78 is 2.16. The number of allylic oxidation sites excluding steroid dienone is 1. The van der Waals surface area contributed by atoms with Crippen LogP contribution in [0.25, 0.3) is 6.08 Å². The first-order valence-electron chi connectivity index (χ1n) is 8.69. The number of nitrogens with zero attached hydrogens (tertiary/aromatic N) is 2. The summed E-state index contributed by atoms with van der Waals surface area (Å²) in [6, 6.07) is 4.35. The molecule has 1 aromatic heterocycles. The molecule has 128 valence electrons. The Morgan fingerprint density at radius 1 is 1.33 bits per heavy atom. The van der Waals surface area contributed by atoms with E-state index >= 15 is 0 Å². The summed E-state index contributed by atoms with van der Waals surface area (Å²) in [6.45, 7) is 3.34. The second-order valence-corrected chi connectivity index (χ2v) is 7.42. The molecule has 4 rings (SSSR count). The van der Waals surface area contributed by atoms with E-state index in [4.69, 9.17) is 11.6 Å². The number of aryl methyl sites for hydroxylation is 2. The lowest BCUT2D eigenvalue weighted by Crippen LogP contribution is -2.34. The van der Waals surface area contributed by atoms with Crippen LogP contribution in [0.1, 0.15) is 55.7 Å². The lowest BCUT2D eigenvalue weighted by atomic mass is 9.61. The zero-order valence-corrected chi connectivity index (χ0v) is 15.7. The van der Waals surface area contributed by atoms with Crippen molar-refractivity contribution in [1.82, 2.24) is 9.55 Å². The average molecular weight is 363 g/mol. The van der Waals surface area contributed by atoms with E-state index in [9.17, 15) is 0 Å². The van der Waals surface area contributed by atoms with Gasteiger partial charge in [-0.15, -0.1) is 12.4 Å². The second kappa shape index (κ2) is 6.93. The Morgan fingerprint density at radius 2 is 2.21 bits per heavy atom. The molecule has 0 spiro atoms. The van der Waals surface area contributed by atoms with Gasteiger partial charge in [-0.3, -0.25) is 0 Å². The predicted octanol–water partition coefficient (Wildman–Crippen LogP) is 5.82. The zero-order valence-electron chi connectivity index (χ0n) is 14.1. The molecule has 0 bridgehead atoms. The molecule has 0 fully saturated rings. The zero-order chi connectivity index (χ0) is 15.9. The third kappa shape index (κ3) is 2.91. The summed E-state index contributed by atoms with van der Waals surface area (Å²) in [5, 5.41) is 0.920. The molecular weight excluding hydrogens is 339 g/mol. The smallest absolute Gasteiger partial charge is 0.0946 e. The predicted molar refractivity (Wildman–Crippen MR) is 103 cm³/mol. The van der Waals surface area contributed by atoms with Crippen LogP contribution in [0.15, 0.2) is 36.4 Å². The van der Waals surface area contributed by atoms with E-state index in [1.807, 2.05) is 18.7 Å². The lowest BCUT2D eigenvalue weighted by Gasteiger charge is -2.43. The molecule has 2 aliphatic carbocycles. The topological polar surface area (TPSA) is 17.8 Å². The fourth-order valence-electron chi connectivity index (χ4n) is 4.55. The van der Waals surface area contributed by atoms with Crippen molar-refractivity contribution in [2.75, 3.05) is 0 Å². The highest BCUT2D eigenvalue weighted by molar-refractivity contribution is 6.32. The van der Waals surface area contributed by atoms with Crippen LogP contribution in [0.3, 0.4) is 0 Å². The molecule has 0 saturated heterocycles. The van der Waals surface area contributed by atoms with Crippen LogP contribution < -0.4 is 0 Å². The molecule has 0 amide bonds. The molecule has 4 heteroatoms. The first-order valence-corrected chi connectivity index (χ1v) is 9.07. The summed E-state index contributed by atoms with van der Waals surface area (Å²) in [5.41, 5.74) is 6.24. The number of rotatable bonds is 4. The highest BCUT2D eigenvalue weighted by atomic mass is 35.5. The molecule has 24 heavy (non-hydrogen) atoms. The summed E-state index contributed by atoms with van der Waals surface area (Å²) in [7, 11) is 0. The Labute approximate surface area is 155 Å². The van der Waals surface area contributed by atoms with Gasteiger partial charge in [0.2, 0.25) is 0 Å². The Morgan fingerprint density at radius 3 is 2.96 bits per heavy atom. The molecule has 0 aliphatic heterocycles. The van der Waals surface area contributed by atoms with Crippen molar-refractivity contribution in [3.8, 4) is 0 Å². The van der Waals surface area contributed by atoms with Crippen LogP contribution in [0, 0.1) is 0 Å². The van der Waals surface area contributed by atoms with E-state index in [2.05, 4.69) is 34.7 Å². The van der Waals surface area contributed by atoms with E-state index in [1.54, 1.807) is 5.56 Å². The van der Waals surface area contributed by atoms with E-state index in [1.165, 1.54) is 48.8 Å². The molecule has 1 aromatic carbocycles. The average Bonchev–Trinajstić information content (AvgIpc) is 3.09. The first-order chi connectivity index (χ1) is 11.2. The van der Waals surface area contributed by atoms with Crippen LogP contribution in [-0.2, 0) is 18.4 Å². The van der Waals surface area contributed by atoms with Crippen LogP contribution in [-0.4, -0.2) is 9.55 Å². The van der Waals surface area contributed by atoms with Crippen LogP contribution in [0.5, 0.6) is 0 Å². The number of aromatic nitrogens is 2. The van der Waals surface area contributed by atoms with Gasteiger partial charge < -0.3 is 4.57 Å². The minimum absolute atomic E-state index is 0. The Hall–Kier alpha value is -1.25. The molecule has 1 atom stereocenters. The van der Waals surface area contributed by atoms with E-state index in [-0.39, 0.29) is 12.4 Å². The molecule has 1 heterocycles. The molecule has 2 aromatic rings.